The number of ether oxygens (including phenoxy) is 2. The molecule has 6 nitrogen and oxygen atoms in total. The molecule has 1 amide bonds. The molecule has 0 aliphatic heterocycles. The Morgan fingerprint density at radius 2 is 1.94 bits per heavy atom. The maximum absolute atomic E-state index is 11.2. The molecule has 0 aliphatic carbocycles. The van der Waals surface area contributed by atoms with Crippen molar-refractivity contribution in [1.29, 1.82) is 0 Å². The van der Waals surface area contributed by atoms with Gasteiger partial charge in [-0.1, -0.05) is 0 Å². The van der Waals surface area contributed by atoms with Gasteiger partial charge in [0.25, 0.3) is 0 Å². The van der Waals surface area contributed by atoms with E-state index in [1.807, 2.05) is 6.26 Å². The molecule has 18 heavy (non-hydrogen) atoms. The molecule has 0 radical (unpaired) electrons. The largest absolute Gasteiger partial charge is 0.379 e. The Labute approximate surface area is 113 Å². The van der Waals surface area contributed by atoms with Gasteiger partial charge in [-0.2, -0.15) is 11.8 Å². The van der Waals surface area contributed by atoms with Crippen LogP contribution in [0.4, 0.5) is 0 Å². The minimum atomic E-state index is -2.98. The third-order valence-corrected chi connectivity index (χ3v) is 3.32. The maximum atomic E-state index is 11.2. The molecule has 0 spiro atoms. The first-order chi connectivity index (χ1) is 8.45. The molecule has 0 rings (SSSR count). The smallest absolute Gasteiger partial charge is 0.246 e. The van der Waals surface area contributed by atoms with E-state index in [0.717, 1.165) is 12.0 Å². The molecule has 0 unspecified atom stereocenters. The van der Waals surface area contributed by atoms with Crippen LogP contribution in [0.1, 0.15) is 0 Å². The zero-order valence-corrected chi connectivity index (χ0v) is 12.4. The van der Waals surface area contributed by atoms with Crippen LogP contribution in [0.25, 0.3) is 0 Å². The Balaban J connectivity index is 3.30. The fraction of sp³-hybridized carbons (Fsp3) is 0.900. The lowest BCUT2D eigenvalue weighted by atomic mass is 10.6. The summed E-state index contributed by atoms with van der Waals surface area (Å²) in [5, 5.41) is 2.61. The number of carbonyl (C=O) groups is 1. The van der Waals surface area contributed by atoms with E-state index in [0.29, 0.717) is 19.8 Å². The lowest BCUT2D eigenvalue weighted by Crippen LogP contribution is -2.31. The van der Waals surface area contributed by atoms with E-state index >= 15 is 0 Å². The third-order valence-electron chi connectivity index (χ3n) is 1.83. The molecular formula is C10H21NO5S2. The molecule has 0 bridgehead atoms. The number of thioether (sulfide) groups is 1. The minimum Gasteiger partial charge on any atom is -0.379 e. The van der Waals surface area contributed by atoms with Crippen LogP contribution in [0.5, 0.6) is 0 Å². The maximum Gasteiger partial charge on any atom is 0.246 e. The fourth-order valence-electron chi connectivity index (χ4n) is 0.933. The molecule has 0 fully saturated rings. The topological polar surface area (TPSA) is 81.7 Å². The van der Waals surface area contributed by atoms with Gasteiger partial charge in [0, 0.05) is 18.6 Å². The molecule has 108 valence electrons. The summed E-state index contributed by atoms with van der Waals surface area (Å²) in [6.45, 7) is 1.41. The van der Waals surface area contributed by atoms with Gasteiger partial charge in [0.2, 0.25) is 5.91 Å². The number of rotatable bonds is 11. The van der Waals surface area contributed by atoms with E-state index in [1.54, 1.807) is 11.8 Å². The lowest BCUT2D eigenvalue weighted by molar-refractivity contribution is -0.125. The second kappa shape index (κ2) is 10.6. The van der Waals surface area contributed by atoms with Crippen LogP contribution in [-0.4, -0.2) is 71.3 Å². The highest BCUT2D eigenvalue weighted by atomic mass is 32.2. The lowest BCUT2D eigenvalue weighted by Gasteiger charge is -2.06. The van der Waals surface area contributed by atoms with Crippen LogP contribution in [-0.2, 0) is 24.1 Å². The van der Waals surface area contributed by atoms with Crippen molar-refractivity contribution in [2.45, 2.75) is 0 Å². The van der Waals surface area contributed by atoms with Gasteiger partial charge in [0.05, 0.1) is 25.6 Å². The van der Waals surface area contributed by atoms with E-state index in [4.69, 9.17) is 9.47 Å². The summed E-state index contributed by atoms with van der Waals surface area (Å²) in [6, 6.07) is 0. The summed E-state index contributed by atoms with van der Waals surface area (Å²) < 4.78 is 31.7. The van der Waals surface area contributed by atoms with Gasteiger partial charge in [-0.3, -0.25) is 4.79 Å². The Morgan fingerprint density at radius 1 is 1.22 bits per heavy atom. The monoisotopic (exact) mass is 299 g/mol. The molecule has 0 heterocycles. The van der Waals surface area contributed by atoms with Crippen molar-refractivity contribution in [3.8, 4) is 0 Å². The highest BCUT2D eigenvalue weighted by molar-refractivity contribution is 7.98. The van der Waals surface area contributed by atoms with Crippen molar-refractivity contribution in [3.63, 3.8) is 0 Å². The average Bonchev–Trinajstić information content (AvgIpc) is 2.28. The standard InChI is InChI=1S/C10H21NO5S2/c1-17-7-5-16-9-10(12)11-3-4-15-6-8-18(2,13)14/h3-9H2,1-2H3,(H,11,12). The van der Waals surface area contributed by atoms with Crippen molar-refractivity contribution in [3.05, 3.63) is 0 Å². The Bertz CT molecular complexity index is 318. The van der Waals surface area contributed by atoms with E-state index in [9.17, 15) is 13.2 Å². The van der Waals surface area contributed by atoms with Gasteiger partial charge in [-0.05, 0) is 6.26 Å². The van der Waals surface area contributed by atoms with Crippen molar-refractivity contribution in [1.82, 2.24) is 5.32 Å². The van der Waals surface area contributed by atoms with E-state index < -0.39 is 9.84 Å². The summed E-state index contributed by atoms with van der Waals surface area (Å²) >= 11 is 1.66. The molecular weight excluding hydrogens is 278 g/mol. The molecule has 0 aromatic carbocycles. The number of carbonyl (C=O) groups excluding carboxylic acids is 1. The van der Waals surface area contributed by atoms with Crippen LogP contribution in [0.3, 0.4) is 0 Å². The summed E-state index contributed by atoms with van der Waals surface area (Å²) in [6.07, 6.45) is 3.13. The van der Waals surface area contributed by atoms with Gasteiger partial charge in [0.15, 0.2) is 0 Å². The van der Waals surface area contributed by atoms with Crippen molar-refractivity contribution in [2.24, 2.45) is 0 Å². The first-order valence-corrected chi connectivity index (χ1v) is 9.00. The summed E-state index contributed by atoms with van der Waals surface area (Å²) in [7, 11) is -2.98. The van der Waals surface area contributed by atoms with Gasteiger partial charge in [0.1, 0.15) is 16.4 Å². The molecule has 0 aliphatic rings. The van der Waals surface area contributed by atoms with Crippen molar-refractivity contribution in [2.75, 3.05) is 57.0 Å². The van der Waals surface area contributed by atoms with Gasteiger partial charge >= 0.3 is 0 Å². The van der Waals surface area contributed by atoms with Gasteiger partial charge in [-0.25, -0.2) is 8.42 Å². The molecule has 0 saturated heterocycles. The number of sulfone groups is 1. The van der Waals surface area contributed by atoms with Gasteiger partial charge in [-0.15, -0.1) is 0 Å². The average molecular weight is 299 g/mol. The van der Waals surface area contributed by atoms with Crippen LogP contribution in [0.2, 0.25) is 0 Å². The molecule has 8 heteroatoms. The van der Waals surface area contributed by atoms with Crippen molar-refractivity contribution < 1.29 is 22.7 Å². The quantitative estimate of drug-likeness (QED) is 0.520. The van der Waals surface area contributed by atoms with Crippen molar-refractivity contribution >= 4 is 27.5 Å². The predicted octanol–water partition coefficient (Wildman–Crippen LogP) is -0.457. The minimum absolute atomic E-state index is 0.00125. The molecule has 1 N–H and O–H groups in total. The zero-order chi connectivity index (χ0) is 13.9. The highest BCUT2D eigenvalue weighted by Gasteiger charge is 2.02. The van der Waals surface area contributed by atoms with Crippen LogP contribution in [0, 0.1) is 0 Å². The van der Waals surface area contributed by atoms with E-state index in [1.165, 1.54) is 0 Å². The Morgan fingerprint density at radius 3 is 2.56 bits per heavy atom. The van der Waals surface area contributed by atoms with E-state index in [2.05, 4.69) is 5.32 Å². The highest BCUT2D eigenvalue weighted by Crippen LogP contribution is 1.90. The van der Waals surface area contributed by atoms with Crippen LogP contribution >= 0.6 is 11.8 Å². The molecule has 0 atom stereocenters. The molecule has 0 aromatic heterocycles. The normalized spacial score (nSPS) is 11.4. The molecule has 0 saturated carbocycles. The third kappa shape index (κ3) is 13.8. The Kier molecular flexibility index (Phi) is 10.4. The van der Waals surface area contributed by atoms with Crippen LogP contribution in [0.15, 0.2) is 0 Å². The summed E-state index contributed by atoms with van der Waals surface area (Å²) in [5.74, 6) is 0.670. The summed E-state index contributed by atoms with van der Waals surface area (Å²) in [4.78, 5) is 11.2. The fourth-order valence-corrected chi connectivity index (χ4v) is 1.64. The first-order valence-electron chi connectivity index (χ1n) is 5.54. The number of amides is 1. The molecule has 0 aromatic rings. The zero-order valence-electron chi connectivity index (χ0n) is 10.8. The second-order valence-electron chi connectivity index (χ2n) is 3.64. The summed E-state index contributed by atoms with van der Waals surface area (Å²) in [5.41, 5.74) is 0. The van der Waals surface area contributed by atoms with E-state index in [-0.39, 0.29) is 24.9 Å². The number of hydrogen-bond acceptors (Lipinski definition) is 6. The second-order valence-corrected chi connectivity index (χ2v) is 6.88. The number of hydrogen-bond donors (Lipinski definition) is 1. The number of nitrogens with one attached hydrogen (secondary N) is 1. The Hall–Kier alpha value is -0.310. The SMILES string of the molecule is CSCCOCC(=O)NCCOCCS(C)(=O)=O. The predicted molar refractivity (Wildman–Crippen MR) is 72.7 cm³/mol. The van der Waals surface area contributed by atoms with Crippen LogP contribution < -0.4 is 5.32 Å². The first kappa shape index (κ1) is 17.7. The van der Waals surface area contributed by atoms with Gasteiger partial charge < -0.3 is 14.8 Å².